The number of rotatable bonds is 6. The highest BCUT2D eigenvalue weighted by molar-refractivity contribution is 5.36. The van der Waals surface area contributed by atoms with Gasteiger partial charge < -0.3 is 10.1 Å². The van der Waals surface area contributed by atoms with Gasteiger partial charge in [-0.1, -0.05) is 34.1 Å². The smallest absolute Gasteiger partial charge is 0.160 e. The predicted octanol–water partition coefficient (Wildman–Crippen LogP) is 3.59. The van der Waals surface area contributed by atoms with Crippen LogP contribution in [0.3, 0.4) is 0 Å². The molecule has 19 heavy (non-hydrogen) atoms. The van der Waals surface area contributed by atoms with Crippen LogP contribution in [0.1, 0.15) is 58.7 Å². The van der Waals surface area contributed by atoms with Crippen LogP contribution in [0.25, 0.3) is 0 Å². The van der Waals surface area contributed by atoms with Crippen molar-refractivity contribution in [1.82, 2.24) is 9.97 Å². The van der Waals surface area contributed by atoms with E-state index in [4.69, 9.17) is 4.74 Å². The van der Waals surface area contributed by atoms with Gasteiger partial charge in [0.2, 0.25) is 0 Å². The zero-order valence-electron chi connectivity index (χ0n) is 13.1. The van der Waals surface area contributed by atoms with E-state index in [0.29, 0.717) is 0 Å². The Labute approximate surface area is 117 Å². The number of hydrogen-bond acceptors (Lipinski definition) is 4. The largest absolute Gasteiger partial charge is 0.373 e. The Morgan fingerprint density at radius 3 is 2.42 bits per heavy atom. The third kappa shape index (κ3) is 4.46. The van der Waals surface area contributed by atoms with Crippen LogP contribution in [0.15, 0.2) is 6.07 Å². The summed E-state index contributed by atoms with van der Waals surface area (Å²) in [5, 5.41) is 3.27. The Morgan fingerprint density at radius 2 is 1.95 bits per heavy atom. The highest BCUT2D eigenvalue weighted by atomic mass is 16.5. The summed E-state index contributed by atoms with van der Waals surface area (Å²) in [7, 11) is 1.72. The van der Waals surface area contributed by atoms with E-state index in [-0.39, 0.29) is 11.5 Å². The fourth-order valence-corrected chi connectivity index (χ4v) is 2.14. The molecule has 0 amide bonds. The van der Waals surface area contributed by atoms with E-state index < -0.39 is 0 Å². The highest BCUT2D eigenvalue weighted by Gasteiger charge is 2.29. The molecular weight excluding hydrogens is 238 g/mol. The van der Waals surface area contributed by atoms with E-state index in [2.05, 4.69) is 49.9 Å². The molecule has 0 bridgehead atoms. The summed E-state index contributed by atoms with van der Waals surface area (Å²) in [6.07, 6.45) is 1.95. The summed E-state index contributed by atoms with van der Waals surface area (Å²) < 4.78 is 5.61. The standard InChI is InChI=1S/C15H27N3O/c1-7-9-11-10-12(16-8-2)18-14(17-11)13(19-6)15(3,4)5/h10,13H,7-9H2,1-6H3,(H,16,17,18). The van der Waals surface area contributed by atoms with Crippen LogP contribution < -0.4 is 5.32 Å². The van der Waals surface area contributed by atoms with Gasteiger partial charge in [-0.25, -0.2) is 9.97 Å². The highest BCUT2D eigenvalue weighted by Crippen LogP contribution is 2.34. The molecule has 0 aliphatic rings. The van der Waals surface area contributed by atoms with Crippen LogP contribution in [0.5, 0.6) is 0 Å². The number of anilines is 1. The Morgan fingerprint density at radius 1 is 1.26 bits per heavy atom. The summed E-state index contributed by atoms with van der Waals surface area (Å²) in [6, 6.07) is 2.03. The van der Waals surface area contributed by atoms with Gasteiger partial charge in [0, 0.05) is 25.4 Å². The molecule has 1 atom stereocenters. The Kier molecular flexibility index (Phi) is 5.73. The lowest BCUT2D eigenvalue weighted by Gasteiger charge is -2.28. The molecule has 108 valence electrons. The van der Waals surface area contributed by atoms with Crippen LogP contribution in [0, 0.1) is 5.41 Å². The monoisotopic (exact) mass is 265 g/mol. The number of ether oxygens (including phenoxy) is 1. The molecule has 1 aromatic rings. The average Bonchev–Trinajstić information content (AvgIpc) is 2.28. The van der Waals surface area contributed by atoms with E-state index in [9.17, 15) is 0 Å². The molecule has 0 radical (unpaired) electrons. The maximum absolute atomic E-state index is 5.61. The number of nitrogens with one attached hydrogen (secondary N) is 1. The first-order chi connectivity index (χ1) is 8.92. The lowest BCUT2D eigenvalue weighted by atomic mass is 9.88. The van der Waals surface area contributed by atoms with Gasteiger partial charge in [0.25, 0.3) is 0 Å². The SMILES string of the molecule is CCCc1cc(NCC)nc(C(OC)C(C)(C)C)n1. The quantitative estimate of drug-likeness (QED) is 0.853. The molecule has 0 saturated carbocycles. The van der Waals surface area contributed by atoms with E-state index in [1.807, 2.05) is 6.07 Å². The first-order valence-corrected chi connectivity index (χ1v) is 7.06. The van der Waals surface area contributed by atoms with Crippen LogP contribution >= 0.6 is 0 Å². The van der Waals surface area contributed by atoms with Crippen molar-refractivity contribution in [3.8, 4) is 0 Å². The lowest BCUT2D eigenvalue weighted by Crippen LogP contribution is -2.23. The van der Waals surface area contributed by atoms with Gasteiger partial charge in [0.05, 0.1) is 0 Å². The van der Waals surface area contributed by atoms with Crippen molar-refractivity contribution >= 4 is 5.82 Å². The first kappa shape index (κ1) is 15.9. The van der Waals surface area contributed by atoms with Gasteiger partial charge in [0.1, 0.15) is 11.9 Å². The second kappa shape index (κ2) is 6.85. The number of hydrogen-bond donors (Lipinski definition) is 1. The van der Waals surface area contributed by atoms with Gasteiger partial charge in [0.15, 0.2) is 5.82 Å². The summed E-state index contributed by atoms with van der Waals surface area (Å²) in [5.41, 5.74) is 1.05. The summed E-state index contributed by atoms with van der Waals surface area (Å²) in [4.78, 5) is 9.26. The third-order valence-corrected chi connectivity index (χ3v) is 2.92. The topological polar surface area (TPSA) is 47.0 Å². The summed E-state index contributed by atoms with van der Waals surface area (Å²) in [5.74, 6) is 1.67. The van der Waals surface area contributed by atoms with Crippen molar-refractivity contribution < 1.29 is 4.74 Å². The van der Waals surface area contributed by atoms with E-state index in [1.54, 1.807) is 7.11 Å². The van der Waals surface area contributed by atoms with E-state index in [0.717, 1.165) is 36.7 Å². The van der Waals surface area contributed by atoms with Crippen LogP contribution in [0.4, 0.5) is 5.82 Å². The molecule has 0 aromatic carbocycles. The Bertz CT molecular complexity index is 375. The Hall–Kier alpha value is -1.16. The van der Waals surface area contributed by atoms with Crippen LogP contribution in [-0.4, -0.2) is 23.6 Å². The van der Waals surface area contributed by atoms with Crippen molar-refractivity contribution in [3.05, 3.63) is 17.6 Å². The molecule has 0 spiro atoms. The maximum Gasteiger partial charge on any atom is 0.160 e. The molecule has 1 unspecified atom stereocenters. The molecule has 0 aliphatic carbocycles. The zero-order chi connectivity index (χ0) is 14.5. The fourth-order valence-electron chi connectivity index (χ4n) is 2.14. The van der Waals surface area contributed by atoms with Gasteiger partial charge in [-0.15, -0.1) is 0 Å². The molecule has 4 heteroatoms. The average molecular weight is 265 g/mol. The molecule has 0 aliphatic heterocycles. The molecule has 0 fully saturated rings. The van der Waals surface area contributed by atoms with Gasteiger partial charge >= 0.3 is 0 Å². The third-order valence-electron chi connectivity index (χ3n) is 2.92. The number of methoxy groups -OCH3 is 1. The minimum absolute atomic E-state index is 0.0247. The minimum atomic E-state index is -0.0956. The summed E-state index contributed by atoms with van der Waals surface area (Å²) >= 11 is 0. The van der Waals surface area contributed by atoms with Crippen LogP contribution in [0.2, 0.25) is 0 Å². The second-order valence-corrected chi connectivity index (χ2v) is 5.86. The fraction of sp³-hybridized carbons (Fsp3) is 0.733. The normalized spacial score (nSPS) is 13.4. The number of aryl methyl sites for hydroxylation is 1. The van der Waals surface area contributed by atoms with E-state index >= 15 is 0 Å². The maximum atomic E-state index is 5.61. The molecule has 1 aromatic heterocycles. The molecule has 1 heterocycles. The van der Waals surface area contributed by atoms with Gasteiger partial charge in [-0.05, 0) is 18.8 Å². The first-order valence-electron chi connectivity index (χ1n) is 7.06. The molecule has 1 rings (SSSR count). The number of nitrogens with zero attached hydrogens (tertiary/aromatic N) is 2. The number of aromatic nitrogens is 2. The van der Waals surface area contributed by atoms with Crippen molar-refractivity contribution in [3.63, 3.8) is 0 Å². The van der Waals surface area contributed by atoms with Crippen molar-refractivity contribution in [2.24, 2.45) is 5.41 Å². The zero-order valence-corrected chi connectivity index (χ0v) is 13.1. The molecular formula is C15H27N3O. The molecule has 4 nitrogen and oxygen atoms in total. The second-order valence-electron chi connectivity index (χ2n) is 5.86. The molecule has 0 saturated heterocycles. The lowest BCUT2D eigenvalue weighted by molar-refractivity contribution is 0.00861. The Balaban J connectivity index is 3.16. The molecule has 1 N–H and O–H groups in total. The van der Waals surface area contributed by atoms with Gasteiger partial charge in [-0.2, -0.15) is 0 Å². The van der Waals surface area contributed by atoms with Crippen molar-refractivity contribution in [2.45, 2.75) is 53.6 Å². The van der Waals surface area contributed by atoms with E-state index in [1.165, 1.54) is 0 Å². The summed E-state index contributed by atoms with van der Waals surface area (Å²) in [6.45, 7) is 11.5. The van der Waals surface area contributed by atoms with Gasteiger partial charge in [-0.3, -0.25) is 0 Å². The predicted molar refractivity (Wildman–Crippen MR) is 79.4 cm³/mol. The van der Waals surface area contributed by atoms with Crippen LogP contribution in [-0.2, 0) is 11.2 Å². The minimum Gasteiger partial charge on any atom is -0.373 e. The van der Waals surface area contributed by atoms with Crippen molar-refractivity contribution in [1.29, 1.82) is 0 Å². The van der Waals surface area contributed by atoms with Crippen molar-refractivity contribution in [2.75, 3.05) is 19.0 Å².